The summed E-state index contributed by atoms with van der Waals surface area (Å²) in [6, 6.07) is 39.5. The molecular formula is C31H26N2O. The van der Waals surface area contributed by atoms with E-state index in [1.54, 1.807) is 0 Å². The third-order valence-corrected chi connectivity index (χ3v) is 5.32. The van der Waals surface area contributed by atoms with Crippen LogP contribution in [0.15, 0.2) is 139 Å². The van der Waals surface area contributed by atoms with Crippen molar-refractivity contribution in [1.82, 2.24) is 5.43 Å². The summed E-state index contributed by atoms with van der Waals surface area (Å²) in [4.78, 5) is 13.3. The molecule has 0 unspecified atom stereocenters. The lowest BCUT2D eigenvalue weighted by atomic mass is 9.91. The van der Waals surface area contributed by atoms with Crippen LogP contribution in [0, 0.1) is 0 Å². The molecule has 0 aliphatic heterocycles. The number of benzene rings is 4. The minimum Gasteiger partial charge on any atom is -0.272 e. The molecule has 34 heavy (non-hydrogen) atoms. The molecule has 0 radical (unpaired) electrons. The van der Waals surface area contributed by atoms with Crippen molar-refractivity contribution in [3.63, 3.8) is 0 Å². The van der Waals surface area contributed by atoms with Gasteiger partial charge < -0.3 is 0 Å². The number of hydrogen-bond donors (Lipinski definition) is 1. The van der Waals surface area contributed by atoms with E-state index < -0.39 is 5.92 Å². The van der Waals surface area contributed by atoms with Crippen molar-refractivity contribution in [2.75, 3.05) is 0 Å². The van der Waals surface area contributed by atoms with Crippen molar-refractivity contribution in [2.24, 2.45) is 5.10 Å². The zero-order valence-corrected chi connectivity index (χ0v) is 18.8. The van der Waals surface area contributed by atoms with E-state index in [-0.39, 0.29) is 5.91 Å². The SMILES string of the molecule is O=C(NN=C(/C=C/c1ccccc1)/C=C/c1ccccc1)C(c1ccccc1)c1ccccc1. The maximum absolute atomic E-state index is 13.3. The summed E-state index contributed by atoms with van der Waals surface area (Å²) in [6.07, 6.45) is 7.75. The predicted molar refractivity (Wildman–Crippen MR) is 141 cm³/mol. The van der Waals surface area contributed by atoms with Gasteiger partial charge in [0.05, 0.1) is 11.6 Å². The minimum atomic E-state index is -0.455. The Hall–Kier alpha value is -4.50. The summed E-state index contributed by atoms with van der Waals surface area (Å²) < 4.78 is 0. The van der Waals surface area contributed by atoms with Gasteiger partial charge in [0.1, 0.15) is 0 Å². The van der Waals surface area contributed by atoms with Crippen LogP contribution in [0.5, 0.6) is 0 Å². The number of hydrogen-bond acceptors (Lipinski definition) is 2. The Balaban J connectivity index is 1.61. The van der Waals surface area contributed by atoms with Crippen LogP contribution in [-0.2, 0) is 4.79 Å². The van der Waals surface area contributed by atoms with E-state index in [1.165, 1.54) is 0 Å². The van der Waals surface area contributed by atoms with E-state index in [0.717, 1.165) is 22.3 Å². The number of allylic oxidation sites excluding steroid dienone is 2. The quantitative estimate of drug-likeness (QED) is 0.239. The van der Waals surface area contributed by atoms with Crippen molar-refractivity contribution in [1.29, 1.82) is 0 Å². The molecule has 1 amide bonds. The van der Waals surface area contributed by atoms with Gasteiger partial charge in [-0.3, -0.25) is 4.79 Å². The van der Waals surface area contributed by atoms with Gasteiger partial charge in [-0.1, -0.05) is 133 Å². The molecule has 0 saturated carbocycles. The van der Waals surface area contributed by atoms with Gasteiger partial charge in [0, 0.05) is 0 Å². The fraction of sp³-hybridized carbons (Fsp3) is 0.0323. The van der Waals surface area contributed by atoms with E-state index >= 15 is 0 Å². The second kappa shape index (κ2) is 11.9. The van der Waals surface area contributed by atoms with E-state index in [0.29, 0.717) is 5.71 Å². The molecule has 0 atom stereocenters. The summed E-state index contributed by atoms with van der Waals surface area (Å²) in [6.45, 7) is 0. The van der Waals surface area contributed by atoms with Crippen LogP contribution in [0.3, 0.4) is 0 Å². The molecular weight excluding hydrogens is 416 g/mol. The first-order chi connectivity index (χ1) is 16.8. The van der Waals surface area contributed by atoms with Crippen LogP contribution in [0.4, 0.5) is 0 Å². The summed E-state index contributed by atoms with van der Waals surface area (Å²) in [5.74, 6) is -0.639. The Labute approximate surface area is 200 Å². The average Bonchev–Trinajstić information content (AvgIpc) is 2.91. The molecule has 166 valence electrons. The largest absolute Gasteiger partial charge is 0.272 e. The van der Waals surface area contributed by atoms with Crippen LogP contribution in [0.1, 0.15) is 28.2 Å². The highest BCUT2D eigenvalue weighted by Crippen LogP contribution is 2.24. The maximum atomic E-state index is 13.3. The third kappa shape index (κ3) is 6.50. The molecule has 0 heterocycles. The van der Waals surface area contributed by atoms with Crippen LogP contribution in [-0.4, -0.2) is 11.6 Å². The van der Waals surface area contributed by atoms with E-state index in [9.17, 15) is 4.79 Å². The molecule has 1 N–H and O–H groups in total. The predicted octanol–water partition coefficient (Wildman–Crippen LogP) is 6.72. The Bertz CT molecular complexity index is 1170. The van der Waals surface area contributed by atoms with E-state index in [2.05, 4.69) is 10.5 Å². The molecule has 0 aromatic heterocycles. The molecule has 0 aliphatic carbocycles. The second-order valence-electron chi connectivity index (χ2n) is 7.76. The van der Waals surface area contributed by atoms with Gasteiger partial charge in [-0.05, 0) is 34.4 Å². The van der Waals surface area contributed by atoms with Gasteiger partial charge in [-0.2, -0.15) is 5.10 Å². The molecule has 0 bridgehead atoms. The number of nitrogens with zero attached hydrogens (tertiary/aromatic N) is 1. The molecule has 0 spiro atoms. The highest BCUT2D eigenvalue weighted by Gasteiger charge is 2.22. The molecule has 4 rings (SSSR count). The Morgan fingerprint density at radius 1 is 0.588 bits per heavy atom. The van der Waals surface area contributed by atoms with Gasteiger partial charge in [0.25, 0.3) is 5.91 Å². The van der Waals surface area contributed by atoms with Gasteiger partial charge in [0.15, 0.2) is 0 Å². The second-order valence-corrected chi connectivity index (χ2v) is 7.76. The van der Waals surface area contributed by atoms with Crippen molar-refractivity contribution >= 4 is 23.8 Å². The fourth-order valence-electron chi connectivity index (χ4n) is 3.59. The fourth-order valence-corrected chi connectivity index (χ4v) is 3.59. The number of nitrogens with one attached hydrogen (secondary N) is 1. The van der Waals surface area contributed by atoms with Crippen LogP contribution < -0.4 is 5.43 Å². The first kappa shape index (κ1) is 22.7. The lowest BCUT2D eigenvalue weighted by molar-refractivity contribution is -0.121. The highest BCUT2D eigenvalue weighted by atomic mass is 16.2. The monoisotopic (exact) mass is 442 g/mol. The lowest BCUT2D eigenvalue weighted by Gasteiger charge is -2.16. The number of carbonyl (C=O) groups is 1. The van der Waals surface area contributed by atoms with Crippen LogP contribution in [0.2, 0.25) is 0 Å². The van der Waals surface area contributed by atoms with Crippen molar-refractivity contribution < 1.29 is 4.79 Å². The summed E-state index contributed by atoms with van der Waals surface area (Å²) in [7, 11) is 0. The molecule has 0 aliphatic rings. The molecule has 0 fully saturated rings. The minimum absolute atomic E-state index is 0.184. The van der Waals surface area contributed by atoms with Crippen molar-refractivity contribution in [2.45, 2.75) is 5.92 Å². The van der Waals surface area contributed by atoms with Gasteiger partial charge >= 0.3 is 0 Å². The van der Waals surface area contributed by atoms with Gasteiger partial charge in [0.2, 0.25) is 0 Å². The third-order valence-electron chi connectivity index (χ3n) is 5.32. The smallest absolute Gasteiger partial charge is 0.252 e. The molecule has 3 nitrogen and oxygen atoms in total. The topological polar surface area (TPSA) is 41.5 Å². The first-order valence-corrected chi connectivity index (χ1v) is 11.2. The average molecular weight is 443 g/mol. The highest BCUT2D eigenvalue weighted by molar-refractivity contribution is 6.09. The first-order valence-electron chi connectivity index (χ1n) is 11.2. The number of amides is 1. The van der Waals surface area contributed by atoms with Crippen molar-refractivity contribution in [3.05, 3.63) is 156 Å². The van der Waals surface area contributed by atoms with Crippen LogP contribution in [0.25, 0.3) is 12.2 Å². The molecule has 4 aromatic rings. The Morgan fingerprint density at radius 3 is 1.38 bits per heavy atom. The molecule has 3 heteroatoms. The summed E-state index contributed by atoms with van der Waals surface area (Å²) in [5.41, 5.74) is 7.39. The van der Waals surface area contributed by atoms with Crippen LogP contribution >= 0.6 is 0 Å². The Morgan fingerprint density at radius 2 is 0.971 bits per heavy atom. The molecule has 4 aromatic carbocycles. The normalized spacial score (nSPS) is 11.1. The number of carbonyl (C=O) groups excluding carboxylic acids is 1. The van der Waals surface area contributed by atoms with E-state index in [1.807, 2.05) is 146 Å². The summed E-state index contributed by atoms with van der Waals surface area (Å²) >= 11 is 0. The van der Waals surface area contributed by atoms with E-state index in [4.69, 9.17) is 0 Å². The number of rotatable bonds is 8. The number of hydrazone groups is 1. The standard InChI is InChI=1S/C31H26N2O/c34-31(30(27-17-9-3-10-18-27)28-19-11-4-12-20-28)33-32-29(23-21-25-13-5-1-6-14-25)24-22-26-15-7-2-8-16-26/h1-24,30H,(H,33,34)/b23-21+,24-22+. The zero-order valence-electron chi connectivity index (χ0n) is 18.8. The lowest BCUT2D eigenvalue weighted by Crippen LogP contribution is -2.27. The molecule has 0 saturated heterocycles. The zero-order chi connectivity index (χ0) is 23.4. The maximum Gasteiger partial charge on any atom is 0.252 e. The Kier molecular flexibility index (Phi) is 7.96. The van der Waals surface area contributed by atoms with Crippen molar-refractivity contribution in [3.8, 4) is 0 Å². The van der Waals surface area contributed by atoms with Gasteiger partial charge in [-0.15, -0.1) is 0 Å². The van der Waals surface area contributed by atoms with Gasteiger partial charge in [-0.25, -0.2) is 5.43 Å². The summed E-state index contributed by atoms with van der Waals surface area (Å²) in [5, 5.41) is 4.47.